The summed E-state index contributed by atoms with van der Waals surface area (Å²) in [4.78, 5) is 12.1. The van der Waals surface area contributed by atoms with Crippen LogP contribution in [0.4, 0.5) is 4.39 Å². The Morgan fingerprint density at radius 3 is 2.46 bits per heavy atom. The number of carbonyl (C=O) groups excluding carboxylic acids is 1. The molecular weight excluding hydrogens is 387 g/mol. The number of carbonyl (C=O) groups is 1. The molecule has 0 bridgehead atoms. The van der Waals surface area contributed by atoms with Crippen molar-refractivity contribution in [2.45, 2.75) is 26.9 Å². The van der Waals surface area contributed by atoms with E-state index in [4.69, 9.17) is 25.5 Å². The lowest BCUT2D eigenvalue weighted by Gasteiger charge is -2.13. The Bertz CT molecular complexity index is 965. The fourth-order valence-corrected chi connectivity index (χ4v) is 2.97. The van der Waals surface area contributed by atoms with Crippen LogP contribution < -0.4 is 4.74 Å². The van der Waals surface area contributed by atoms with Gasteiger partial charge in [-0.05, 0) is 68.3 Å². The Labute approximate surface area is 166 Å². The molecule has 1 aromatic heterocycles. The van der Waals surface area contributed by atoms with Crippen molar-refractivity contribution >= 4 is 17.6 Å². The number of ether oxygens (including phenoxy) is 2. The Hall–Kier alpha value is -2.93. The average Bonchev–Trinajstić information content (AvgIpc) is 3.11. The molecule has 0 spiro atoms. The standard InChI is InChI=1S/C20H18ClFN2O4/c1-11-8-15(21)9-12(2)18(11)26-10-17(25)27-13(3)19-23-24-20(28-19)14-4-6-16(22)7-5-14/h4-9,13H,10H2,1-3H3/t13-/m0/s1. The zero-order valence-electron chi connectivity index (χ0n) is 15.5. The lowest BCUT2D eigenvalue weighted by atomic mass is 10.1. The van der Waals surface area contributed by atoms with Gasteiger partial charge in [-0.1, -0.05) is 11.6 Å². The van der Waals surface area contributed by atoms with Crippen molar-refractivity contribution in [3.63, 3.8) is 0 Å². The van der Waals surface area contributed by atoms with Gasteiger partial charge >= 0.3 is 5.97 Å². The van der Waals surface area contributed by atoms with Gasteiger partial charge in [0.05, 0.1) is 0 Å². The first-order valence-electron chi connectivity index (χ1n) is 8.52. The maximum Gasteiger partial charge on any atom is 0.344 e. The quantitative estimate of drug-likeness (QED) is 0.548. The van der Waals surface area contributed by atoms with Crippen LogP contribution in [0.15, 0.2) is 40.8 Å². The highest BCUT2D eigenvalue weighted by atomic mass is 35.5. The highest BCUT2D eigenvalue weighted by Gasteiger charge is 2.20. The minimum absolute atomic E-state index is 0.131. The lowest BCUT2D eigenvalue weighted by Crippen LogP contribution is -2.17. The molecule has 28 heavy (non-hydrogen) atoms. The van der Waals surface area contributed by atoms with Crippen molar-refractivity contribution in [2.24, 2.45) is 0 Å². The second-order valence-corrected chi connectivity index (χ2v) is 6.68. The number of hydrogen-bond donors (Lipinski definition) is 0. The van der Waals surface area contributed by atoms with Gasteiger partial charge in [-0.25, -0.2) is 9.18 Å². The molecule has 0 radical (unpaired) electrons. The predicted octanol–water partition coefficient (Wildman–Crippen LogP) is 4.83. The van der Waals surface area contributed by atoms with Crippen LogP contribution in [0.2, 0.25) is 5.02 Å². The molecule has 0 saturated carbocycles. The molecule has 0 aliphatic rings. The summed E-state index contributed by atoms with van der Waals surface area (Å²) in [6.07, 6.45) is -0.759. The molecule has 1 atom stereocenters. The Morgan fingerprint density at radius 2 is 1.82 bits per heavy atom. The highest BCUT2D eigenvalue weighted by molar-refractivity contribution is 6.30. The molecule has 0 N–H and O–H groups in total. The molecule has 0 aliphatic carbocycles. The van der Waals surface area contributed by atoms with Crippen LogP contribution >= 0.6 is 11.6 Å². The van der Waals surface area contributed by atoms with Gasteiger partial charge in [0.2, 0.25) is 5.89 Å². The molecular formula is C20H18ClFN2O4. The van der Waals surface area contributed by atoms with Gasteiger partial charge < -0.3 is 13.9 Å². The zero-order valence-corrected chi connectivity index (χ0v) is 16.3. The summed E-state index contributed by atoms with van der Waals surface area (Å²) in [5.74, 6) is -0.0155. The first-order chi connectivity index (χ1) is 13.3. The van der Waals surface area contributed by atoms with Crippen LogP contribution in [0.5, 0.6) is 5.75 Å². The number of aromatic nitrogens is 2. The van der Waals surface area contributed by atoms with Crippen molar-refractivity contribution < 1.29 is 23.1 Å². The van der Waals surface area contributed by atoms with E-state index in [1.165, 1.54) is 24.3 Å². The molecule has 0 amide bonds. The second kappa shape index (κ2) is 8.39. The predicted molar refractivity (Wildman–Crippen MR) is 101 cm³/mol. The number of nitrogens with zero attached hydrogens (tertiary/aromatic N) is 2. The number of aryl methyl sites for hydroxylation is 2. The number of benzene rings is 2. The molecule has 3 rings (SSSR count). The number of halogens is 2. The molecule has 6 nitrogen and oxygen atoms in total. The fourth-order valence-electron chi connectivity index (χ4n) is 2.65. The molecule has 0 unspecified atom stereocenters. The largest absolute Gasteiger partial charge is 0.481 e. The van der Waals surface area contributed by atoms with E-state index in [1.54, 1.807) is 19.1 Å². The first-order valence-corrected chi connectivity index (χ1v) is 8.89. The molecule has 0 aliphatic heterocycles. The third kappa shape index (κ3) is 4.67. The third-order valence-corrected chi connectivity index (χ3v) is 4.17. The van der Waals surface area contributed by atoms with E-state index in [0.717, 1.165) is 11.1 Å². The first kappa shape index (κ1) is 19.8. The maximum atomic E-state index is 13.0. The van der Waals surface area contributed by atoms with E-state index in [-0.39, 0.29) is 24.2 Å². The van der Waals surface area contributed by atoms with Crippen LogP contribution in [0.3, 0.4) is 0 Å². The zero-order chi connectivity index (χ0) is 20.3. The second-order valence-electron chi connectivity index (χ2n) is 6.24. The summed E-state index contributed by atoms with van der Waals surface area (Å²) in [5, 5.41) is 8.38. The Balaban J connectivity index is 1.60. The van der Waals surface area contributed by atoms with E-state index in [2.05, 4.69) is 10.2 Å². The molecule has 0 saturated heterocycles. The normalized spacial score (nSPS) is 11.9. The number of hydrogen-bond acceptors (Lipinski definition) is 6. The molecule has 1 heterocycles. The van der Waals surface area contributed by atoms with Gasteiger partial charge in [0.15, 0.2) is 12.7 Å². The summed E-state index contributed by atoms with van der Waals surface area (Å²) < 4.78 is 29.4. The van der Waals surface area contributed by atoms with Crippen molar-refractivity contribution in [1.82, 2.24) is 10.2 Å². The van der Waals surface area contributed by atoms with Crippen LogP contribution in [0.25, 0.3) is 11.5 Å². The third-order valence-electron chi connectivity index (χ3n) is 3.95. The van der Waals surface area contributed by atoms with Crippen molar-refractivity contribution in [2.75, 3.05) is 6.61 Å². The van der Waals surface area contributed by atoms with Gasteiger partial charge in [0.25, 0.3) is 5.89 Å². The molecule has 2 aromatic carbocycles. The summed E-state index contributed by atoms with van der Waals surface area (Å²) in [6, 6.07) is 9.14. The Kier molecular flexibility index (Phi) is 5.94. The van der Waals surface area contributed by atoms with Crippen molar-refractivity contribution in [1.29, 1.82) is 0 Å². The van der Waals surface area contributed by atoms with Gasteiger partial charge in [-0.15, -0.1) is 10.2 Å². The lowest BCUT2D eigenvalue weighted by molar-refractivity contribution is -0.152. The van der Waals surface area contributed by atoms with Crippen LogP contribution in [0, 0.1) is 19.7 Å². The van der Waals surface area contributed by atoms with E-state index >= 15 is 0 Å². The summed E-state index contributed by atoms with van der Waals surface area (Å²) in [6.45, 7) is 5.03. The summed E-state index contributed by atoms with van der Waals surface area (Å²) >= 11 is 5.99. The number of rotatable bonds is 6. The van der Waals surface area contributed by atoms with Gasteiger partial charge in [0, 0.05) is 10.6 Å². The Morgan fingerprint density at radius 1 is 1.18 bits per heavy atom. The molecule has 3 aromatic rings. The van der Waals surface area contributed by atoms with E-state index in [1.807, 2.05) is 13.8 Å². The molecule has 8 heteroatoms. The van der Waals surface area contributed by atoms with Gasteiger partial charge in [-0.2, -0.15) is 0 Å². The minimum atomic E-state index is -0.759. The highest BCUT2D eigenvalue weighted by Crippen LogP contribution is 2.27. The molecule has 0 fully saturated rings. The van der Waals surface area contributed by atoms with E-state index < -0.39 is 12.1 Å². The maximum absolute atomic E-state index is 13.0. The average molecular weight is 405 g/mol. The smallest absolute Gasteiger partial charge is 0.344 e. The monoisotopic (exact) mass is 404 g/mol. The summed E-state index contributed by atoms with van der Waals surface area (Å²) in [7, 11) is 0. The minimum Gasteiger partial charge on any atom is -0.481 e. The van der Waals surface area contributed by atoms with Crippen LogP contribution in [0.1, 0.15) is 30.0 Å². The topological polar surface area (TPSA) is 74.5 Å². The summed E-state index contributed by atoms with van der Waals surface area (Å²) in [5.41, 5.74) is 2.22. The molecule has 146 valence electrons. The fraction of sp³-hybridized carbons (Fsp3) is 0.250. The van der Waals surface area contributed by atoms with Gasteiger partial charge in [0.1, 0.15) is 11.6 Å². The number of esters is 1. The van der Waals surface area contributed by atoms with Crippen molar-refractivity contribution in [3.05, 3.63) is 64.3 Å². The van der Waals surface area contributed by atoms with E-state index in [0.29, 0.717) is 16.3 Å². The SMILES string of the molecule is Cc1cc(Cl)cc(C)c1OCC(=O)O[C@@H](C)c1nnc(-c2ccc(F)cc2)o1. The van der Waals surface area contributed by atoms with Gasteiger partial charge in [-0.3, -0.25) is 0 Å². The van der Waals surface area contributed by atoms with Crippen LogP contribution in [-0.4, -0.2) is 22.8 Å². The van der Waals surface area contributed by atoms with Crippen molar-refractivity contribution in [3.8, 4) is 17.2 Å². The van der Waals surface area contributed by atoms with E-state index in [9.17, 15) is 9.18 Å². The van der Waals surface area contributed by atoms with Crippen LogP contribution in [-0.2, 0) is 9.53 Å².